The fraction of sp³-hybridized carbons (Fsp3) is 0.263. The summed E-state index contributed by atoms with van der Waals surface area (Å²) in [6.07, 6.45) is 1.52. The molecule has 0 aliphatic carbocycles. The first-order valence-corrected chi connectivity index (χ1v) is 7.72. The first-order valence-electron chi connectivity index (χ1n) is 7.72. The molecule has 2 N–H and O–H groups in total. The molecule has 0 spiro atoms. The average molecular weight is 310 g/mol. The SMILES string of the molecule is CC(=O)NCCc1ccc(NC(C)=O)c(Cc2ccccc2)c1. The molecule has 2 rings (SSSR count). The lowest BCUT2D eigenvalue weighted by molar-refractivity contribution is -0.119. The maximum absolute atomic E-state index is 11.4. The zero-order chi connectivity index (χ0) is 16.7. The Morgan fingerprint density at radius 1 is 0.913 bits per heavy atom. The Balaban J connectivity index is 2.19. The number of hydrogen-bond donors (Lipinski definition) is 2. The Labute approximate surface area is 136 Å². The van der Waals surface area contributed by atoms with E-state index in [1.165, 1.54) is 19.4 Å². The van der Waals surface area contributed by atoms with E-state index in [0.717, 1.165) is 29.7 Å². The van der Waals surface area contributed by atoms with Crippen molar-refractivity contribution in [2.24, 2.45) is 0 Å². The Bertz CT molecular complexity index is 681. The molecule has 0 atom stereocenters. The first kappa shape index (κ1) is 16.7. The van der Waals surface area contributed by atoms with E-state index < -0.39 is 0 Å². The summed E-state index contributed by atoms with van der Waals surface area (Å²) in [5, 5.41) is 5.69. The molecule has 2 aromatic carbocycles. The van der Waals surface area contributed by atoms with Crippen LogP contribution in [0.2, 0.25) is 0 Å². The van der Waals surface area contributed by atoms with Gasteiger partial charge in [-0.15, -0.1) is 0 Å². The molecule has 0 aliphatic heterocycles. The van der Waals surface area contributed by atoms with Gasteiger partial charge in [0.15, 0.2) is 0 Å². The smallest absolute Gasteiger partial charge is 0.221 e. The number of amides is 2. The summed E-state index contributed by atoms with van der Waals surface area (Å²) < 4.78 is 0. The summed E-state index contributed by atoms with van der Waals surface area (Å²) in [6, 6.07) is 16.2. The molecule has 0 aliphatic rings. The van der Waals surface area contributed by atoms with Gasteiger partial charge in [-0.25, -0.2) is 0 Å². The minimum Gasteiger partial charge on any atom is -0.356 e. The van der Waals surface area contributed by atoms with Crippen molar-refractivity contribution in [1.82, 2.24) is 5.32 Å². The highest BCUT2D eigenvalue weighted by Crippen LogP contribution is 2.21. The van der Waals surface area contributed by atoms with Crippen molar-refractivity contribution >= 4 is 17.5 Å². The van der Waals surface area contributed by atoms with Crippen molar-refractivity contribution in [3.63, 3.8) is 0 Å². The van der Waals surface area contributed by atoms with Crippen molar-refractivity contribution in [1.29, 1.82) is 0 Å². The van der Waals surface area contributed by atoms with Crippen LogP contribution in [-0.4, -0.2) is 18.4 Å². The highest BCUT2D eigenvalue weighted by Gasteiger charge is 2.07. The predicted octanol–water partition coefficient (Wildman–Crippen LogP) is 2.91. The number of carbonyl (C=O) groups excluding carboxylic acids is 2. The Morgan fingerprint density at radius 3 is 2.30 bits per heavy atom. The maximum Gasteiger partial charge on any atom is 0.221 e. The van der Waals surface area contributed by atoms with Gasteiger partial charge in [0.25, 0.3) is 0 Å². The highest BCUT2D eigenvalue weighted by molar-refractivity contribution is 5.89. The molecule has 2 amide bonds. The normalized spacial score (nSPS) is 10.2. The molecular weight excluding hydrogens is 288 g/mol. The van der Waals surface area contributed by atoms with Crippen LogP contribution in [-0.2, 0) is 22.4 Å². The summed E-state index contributed by atoms with van der Waals surface area (Å²) in [6.45, 7) is 3.64. The van der Waals surface area contributed by atoms with Crippen LogP contribution in [0, 0.1) is 0 Å². The second-order valence-corrected chi connectivity index (χ2v) is 5.57. The standard InChI is InChI=1S/C19H22N2O2/c1-14(22)20-11-10-17-8-9-19(21-15(2)23)18(13-17)12-16-6-4-3-5-7-16/h3-9,13H,10-12H2,1-2H3,(H,20,22)(H,21,23). The van der Waals surface area contributed by atoms with Gasteiger partial charge in [-0.05, 0) is 35.6 Å². The third kappa shape index (κ3) is 5.58. The zero-order valence-corrected chi connectivity index (χ0v) is 13.6. The Hall–Kier alpha value is -2.62. The molecule has 0 aromatic heterocycles. The molecule has 4 heteroatoms. The van der Waals surface area contributed by atoms with Crippen molar-refractivity contribution in [3.05, 3.63) is 65.2 Å². The Kier molecular flexibility index (Phi) is 5.92. The second-order valence-electron chi connectivity index (χ2n) is 5.57. The molecule has 0 unspecified atom stereocenters. The quantitative estimate of drug-likeness (QED) is 0.862. The van der Waals surface area contributed by atoms with Crippen LogP contribution in [0.3, 0.4) is 0 Å². The zero-order valence-electron chi connectivity index (χ0n) is 13.6. The van der Waals surface area contributed by atoms with Crippen LogP contribution in [0.1, 0.15) is 30.5 Å². The van der Waals surface area contributed by atoms with E-state index in [-0.39, 0.29) is 11.8 Å². The van der Waals surface area contributed by atoms with E-state index in [2.05, 4.69) is 28.8 Å². The number of carbonyl (C=O) groups is 2. The molecule has 0 radical (unpaired) electrons. The van der Waals surface area contributed by atoms with Crippen molar-refractivity contribution in [2.45, 2.75) is 26.7 Å². The van der Waals surface area contributed by atoms with Crippen molar-refractivity contribution in [2.75, 3.05) is 11.9 Å². The highest BCUT2D eigenvalue weighted by atomic mass is 16.2. The molecule has 0 fully saturated rings. The van der Waals surface area contributed by atoms with Gasteiger partial charge in [0, 0.05) is 26.1 Å². The van der Waals surface area contributed by atoms with E-state index in [0.29, 0.717) is 6.54 Å². The van der Waals surface area contributed by atoms with Crippen LogP contribution in [0.15, 0.2) is 48.5 Å². The van der Waals surface area contributed by atoms with E-state index >= 15 is 0 Å². The van der Waals surface area contributed by atoms with Crippen LogP contribution in [0.5, 0.6) is 0 Å². The lowest BCUT2D eigenvalue weighted by Gasteiger charge is -2.13. The fourth-order valence-corrected chi connectivity index (χ4v) is 2.46. The summed E-state index contributed by atoms with van der Waals surface area (Å²) in [5.74, 6) is -0.102. The molecule has 2 aromatic rings. The van der Waals surface area contributed by atoms with Gasteiger partial charge in [-0.1, -0.05) is 42.5 Å². The lowest BCUT2D eigenvalue weighted by Crippen LogP contribution is -2.22. The molecule has 0 heterocycles. The summed E-state index contributed by atoms with van der Waals surface area (Å²) in [7, 11) is 0. The molecule has 4 nitrogen and oxygen atoms in total. The van der Waals surface area contributed by atoms with Crippen LogP contribution in [0.4, 0.5) is 5.69 Å². The van der Waals surface area contributed by atoms with Crippen LogP contribution < -0.4 is 10.6 Å². The van der Waals surface area contributed by atoms with E-state index in [1.807, 2.05) is 30.3 Å². The first-order chi connectivity index (χ1) is 11.0. The van der Waals surface area contributed by atoms with Crippen molar-refractivity contribution in [3.8, 4) is 0 Å². The largest absolute Gasteiger partial charge is 0.356 e. The van der Waals surface area contributed by atoms with E-state index in [9.17, 15) is 9.59 Å². The topological polar surface area (TPSA) is 58.2 Å². The molecule has 120 valence electrons. The average Bonchev–Trinajstić information content (AvgIpc) is 2.50. The number of anilines is 1. The molecule has 23 heavy (non-hydrogen) atoms. The second kappa shape index (κ2) is 8.13. The molecule has 0 saturated heterocycles. The fourth-order valence-electron chi connectivity index (χ4n) is 2.46. The van der Waals surface area contributed by atoms with Gasteiger partial charge in [0.2, 0.25) is 11.8 Å². The minimum absolute atomic E-state index is 0.0237. The van der Waals surface area contributed by atoms with Gasteiger partial charge < -0.3 is 10.6 Å². The molecule has 0 bridgehead atoms. The predicted molar refractivity (Wildman–Crippen MR) is 92.4 cm³/mol. The number of nitrogens with one attached hydrogen (secondary N) is 2. The summed E-state index contributed by atoms with van der Waals surface area (Å²) >= 11 is 0. The minimum atomic E-state index is -0.0784. The lowest BCUT2D eigenvalue weighted by atomic mass is 9.99. The van der Waals surface area contributed by atoms with Gasteiger partial charge in [0.05, 0.1) is 0 Å². The number of benzene rings is 2. The summed E-state index contributed by atoms with van der Waals surface area (Å²) in [4.78, 5) is 22.4. The third-order valence-corrected chi connectivity index (χ3v) is 3.51. The maximum atomic E-state index is 11.4. The van der Waals surface area contributed by atoms with E-state index in [1.54, 1.807) is 0 Å². The Morgan fingerprint density at radius 2 is 1.65 bits per heavy atom. The number of hydrogen-bond acceptors (Lipinski definition) is 2. The summed E-state index contributed by atoms with van der Waals surface area (Å²) in [5.41, 5.74) is 4.24. The molecule has 0 saturated carbocycles. The molecular formula is C19H22N2O2. The van der Waals surface area contributed by atoms with E-state index in [4.69, 9.17) is 0 Å². The third-order valence-electron chi connectivity index (χ3n) is 3.51. The number of rotatable bonds is 6. The van der Waals surface area contributed by atoms with Gasteiger partial charge in [0.1, 0.15) is 0 Å². The van der Waals surface area contributed by atoms with Crippen molar-refractivity contribution < 1.29 is 9.59 Å². The monoisotopic (exact) mass is 310 g/mol. The van der Waals surface area contributed by atoms with Gasteiger partial charge in [-0.3, -0.25) is 9.59 Å². The van der Waals surface area contributed by atoms with Crippen LogP contribution in [0.25, 0.3) is 0 Å². The van der Waals surface area contributed by atoms with Gasteiger partial charge >= 0.3 is 0 Å². The van der Waals surface area contributed by atoms with Gasteiger partial charge in [-0.2, -0.15) is 0 Å². The van der Waals surface area contributed by atoms with Crippen LogP contribution >= 0.6 is 0 Å².